The van der Waals surface area contributed by atoms with Crippen LogP contribution in [0.15, 0.2) is 18.2 Å². The lowest BCUT2D eigenvalue weighted by molar-refractivity contribution is -0.290. The first-order valence-corrected chi connectivity index (χ1v) is 5.07. The fourth-order valence-electron chi connectivity index (χ4n) is 2.10. The summed E-state index contributed by atoms with van der Waals surface area (Å²) in [7, 11) is 0. The van der Waals surface area contributed by atoms with Gasteiger partial charge in [0.2, 0.25) is 6.79 Å². The van der Waals surface area contributed by atoms with Crippen molar-refractivity contribution in [2.45, 2.75) is 24.2 Å². The van der Waals surface area contributed by atoms with Crippen molar-refractivity contribution < 1.29 is 27.0 Å². The molecule has 3 rings (SSSR count). The molecule has 1 atom stereocenters. The van der Waals surface area contributed by atoms with E-state index in [1.165, 1.54) is 18.2 Å². The number of hydrogen-bond donors (Lipinski definition) is 0. The maximum Gasteiger partial charge on any atom is 0.317 e. The summed E-state index contributed by atoms with van der Waals surface area (Å²) in [4.78, 5) is 0. The molecule has 1 saturated carbocycles. The first kappa shape index (κ1) is 10.7. The Labute approximate surface area is 94.1 Å². The fourth-order valence-corrected chi connectivity index (χ4v) is 2.10. The number of hydrogen-bond acceptors (Lipinski definition) is 2. The van der Waals surface area contributed by atoms with Gasteiger partial charge >= 0.3 is 11.8 Å². The predicted octanol–water partition coefficient (Wildman–Crippen LogP) is 3.17. The summed E-state index contributed by atoms with van der Waals surface area (Å²) < 4.78 is 61.9. The largest absolute Gasteiger partial charge is 0.454 e. The van der Waals surface area contributed by atoms with Crippen LogP contribution >= 0.6 is 0 Å². The maximum atomic E-state index is 13.2. The van der Waals surface area contributed by atoms with Crippen LogP contribution < -0.4 is 9.47 Å². The summed E-state index contributed by atoms with van der Waals surface area (Å²) in [5.74, 6) is -8.57. The van der Waals surface area contributed by atoms with Gasteiger partial charge in [0.1, 0.15) is 0 Å². The highest BCUT2D eigenvalue weighted by molar-refractivity contribution is 5.46. The van der Waals surface area contributed by atoms with E-state index in [1.54, 1.807) is 0 Å². The zero-order chi connectivity index (χ0) is 12.3. The highest BCUT2D eigenvalue weighted by atomic mass is 19.3. The first-order chi connectivity index (χ1) is 7.92. The van der Waals surface area contributed by atoms with E-state index in [1.807, 2.05) is 0 Å². The predicted molar refractivity (Wildman–Crippen MR) is 49.8 cm³/mol. The molecule has 0 radical (unpaired) electrons. The molecule has 0 aromatic heterocycles. The minimum Gasteiger partial charge on any atom is -0.454 e. The Hall–Kier alpha value is -1.46. The van der Waals surface area contributed by atoms with Crippen molar-refractivity contribution in [2.24, 2.45) is 0 Å². The van der Waals surface area contributed by atoms with Crippen molar-refractivity contribution in [1.82, 2.24) is 0 Å². The average Bonchev–Trinajstić information content (AvgIpc) is 2.72. The highest BCUT2D eigenvalue weighted by Gasteiger charge is 2.71. The van der Waals surface area contributed by atoms with Crippen molar-refractivity contribution >= 4 is 0 Å². The molecule has 0 spiro atoms. The summed E-state index contributed by atoms with van der Waals surface area (Å²) in [5, 5.41) is 0. The molecule has 92 valence electrons. The van der Waals surface area contributed by atoms with Crippen molar-refractivity contribution in [3.05, 3.63) is 23.8 Å². The molecule has 17 heavy (non-hydrogen) atoms. The standard InChI is InChI=1S/C11H8F4O2/c12-10(13)4-7(11(10,14)15)6-1-2-8-9(3-6)17-5-16-8/h1-3,7H,4-5H2/t7-/m0/s1. The van der Waals surface area contributed by atoms with Crippen LogP contribution in [0.2, 0.25) is 0 Å². The minimum absolute atomic E-state index is 0.0238. The number of fused-ring (bicyclic) bond motifs is 1. The van der Waals surface area contributed by atoms with Gasteiger partial charge in [-0.15, -0.1) is 0 Å². The van der Waals surface area contributed by atoms with Gasteiger partial charge in [0, 0.05) is 6.42 Å². The van der Waals surface area contributed by atoms with Crippen molar-refractivity contribution in [2.75, 3.05) is 6.79 Å². The molecule has 1 fully saturated rings. The molecule has 1 heterocycles. The lowest BCUT2D eigenvalue weighted by atomic mass is 9.72. The minimum atomic E-state index is -3.99. The Morgan fingerprint density at radius 3 is 2.41 bits per heavy atom. The van der Waals surface area contributed by atoms with Crippen LogP contribution in [-0.2, 0) is 0 Å². The quantitative estimate of drug-likeness (QED) is 0.710. The van der Waals surface area contributed by atoms with E-state index < -0.39 is 24.2 Å². The van der Waals surface area contributed by atoms with Crippen molar-refractivity contribution in [1.29, 1.82) is 0 Å². The van der Waals surface area contributed by atoms with Gasteiger partial charge in [0.25, 0.3) is 0 Å². The maximum absolute atomic E-state index is 13.2. The van der Waals surface area contributed by atoms with Crippen LogP contribution in [0.5, 0.6) is 11.5 Å². The molecule has 0 amide bonds. The van der Waals surface area contributed by atoms with Crippen LogP contribution in [0, 0.1) is 0 Å². The zero-order valence-corrected chi connectivity index (χ0v) is 8.55. The Kier molecular flexibility index (Phi) is 1.92. The second-order valence-electron chi connectivity index (χ2n) is 4.20. The summed E-state index contributed by atoms with van der Waals surface area (Å²) >= 11 is 0. The van der Waals surface area contributed by atoms with E-state index in [0.717, 1.165) is 0 Å². The molecular weight excluding hydrogens is 240 g/mol. The number of alkyl halides is 4. The molecule has 2 aliphatic rings. The Morgan fingerprint density at radius 1 is 1.06 bits per heavy atom. The summed E-state index contributed by atoms with van der Waals surface area (Å²) in [6.45, 7) is 0.0238. The van der Waals surface area contributed by atoms with Gasteiger partial charge in [0.05, 0.1) is 5.92 Å². The molecule has 0 bridgehead atoms. The fraction of sp³-hybridized carbons (Fsp3) is 0.455. The van der Waals surface area contributed by atoms with E-state index in [9.17, 15) is 17.6 Å². The van der Waals surface area contributed by atoms with Gasteiger partial charge in [-0.25, -0.2) is 0 Å². The van der Waals surface area contributed by atoms with Gasteiger partial charge in [-0.1, -0.05) is 6.07 Å². The number of halogens is 4. The lowest BCUT2D eigenvalue weighted by Crippen LogP contribution is -2.56. The Bertz CT molecular complexity index is 473. The molecule has 2 nitrogen and oxygen atoms in total. The van der Waals surface area contributed by atoms with E-state index in [-0.39, 0.29) is 12.4 Å². The molecule has 1 aromatic carbocycles. The molecule has 0 unspecified atom stereocenters. The smallest absolute Gasteiger partial charge is 0.317 e. The third-order valence-electron chi connectivity index (χ3n) is 3.18. The third kappa shape index (κ3) is 1.33. The second-order valence-corrected chi connectivity index (χ2v) is 4.20. The van der Waals surface area contributed by atoms with Crippen LogP contribution in [0.4, 0.5) is 17.6 Å². The summed E-state index contributed by atoms with van der Waals surface area (Å²) in [6, 6.07) is 4.18. The van der Waals surface area contributed by atoms with E-state index >= 15 is 0 Å². The zero-order valence-electron chi connectivity index (χ0n) is 8.55. The van der Waals surface area contributed by atoms with Crippen molar-refractivity contribution in [3.63, 3.8) is 0 Å². The van der Waals surface area contributed by atoms with Crippen LogP contribution in [0.1, 0.15) is 17.9 Å². The van der Waals surface area contributed by atoms with Crippen LogP contribution in [-0.4, -0.2) is 18.6 Å². The molecule has 0 N–H and O–H groups in total. The molecule has 0 saturated heterocycles. The van der Waals surface area contributed by atoms with Gasteiger partial charge in [-0.3, -0.25) is 0 Å². The third-order valence-corrected chi connectivity index (χ3v) is 3.18. The normalized spacial score (nSPS) is 27.6. The number of benzene rings is 1. The second kappa shape index (κ2) is 3.05. The summed E-state index contributed by atoms with van der Waals surface area (Å²) in [5.41, 5.74) is 0.158. The number of rotatable bonds is 1. The molecule has 1 aliphatic heterocycles. The summed E-state index contributed by atoms with van der Waals surface area (Å²) in [6.07, 6.45) is -0.834. The van der Waals surface area contributed by atoms with Gasteiger partial charge in [-0.05, 0) is 17.7 Å². The van der Waals surface area contributed by atoms with Gasteiger partial charge in [0.15, 0.2) is 11.5 Å². The van der Waals surface area contributed by atoms with Gasteiger partial charge in [-0.2, -0.15) is 17.6 Å². The SMILES string of the molecule is FC1(F)C[C@@H](c2ccc3c(c2)OCO3)C1(F)F. The van der Waals surface area contributed by atoms with Crippen LogP contribution in [0.25, 0.3) is 0 Å². The molecule has 1 aliphatic carbocycles. The van der Waals surface area contributed by atoms with Gasteiger partial charge < -0.3 is 9.47 Å². The van der Waals surface area contributed by atoms with E-state index in [4.69, 9.17) is 9.47 Å². The topological polar surface area (TPSA) is 18.5 Å². The molecular formula is C11H8F4O2. The lowest BCUT2D eigenvalue weighted by Gasteiger charge is -2.44. The van der Waals surface area contributed by atoms with E-state index in [0.29, 0.717) is 11.5 Å². The Morgan fingerprint density at radius 2 is 1.76 bits per heavy atom. The highest BCUT2D eigenvalue weighted by Crippen LogP contribution is 2.60. The Balaban J connectivity index is 1.92. The van der Waals surface area contributed by atoms with Crippen LogP contribution in [0.3, 0.4) is 0 Å². The monoisotopic (exact) mass is 248 g/mol. The molecule has 1 aromatic rings. The average molecular weight is 248 g/mol. The molecule has 6 heteroatoms. The van der Waals surface area contributed by atoms with E-state index in [2.05, 4.69) is 0 Å². The number of ether oxygens (including phenoxy) is 2. The van der Waals surface area contributed by atoms with Crippen molar-refractivity contribution in [3.8, 4) is 11.5 Å². The first-order valence-electron chi connectivity index (χ1n) is 5.07.